The van der Waals surface area contributed by atoms with Gasteiger partial charge in [-0.05, 0) is 36.8 Å². The maximum atomic E-state index is 5.20. The lowest BCUT2D eigenvalue weighted by molar-refractivity contribution is 0.414. The van der Waals surface area contributed by atoms with Crippen molar-refractivity contribution in [3.8, 4) is 11.4 Å². The van der Waals surface area contributed by atoms with E-state index in [2.05, 4.69) is 39.3 Å². The minimum Gasteiger partial charge on any atom is -0.497 e. The van der Waals surface area contributed by atoms with Crippen LogP contribution in [0.2, 0.25) is 0 Å². The van der Waals surface area contributed by atoms with Gasteiger partial charge in [-0.3, -0.25) is 0 Å². The fraction of sp³-hybridized carbons (Fsp3) is 0.158. The topological polar surface area (TPSA) is 65.7 Å². The predicted molar refractivity (Wildman–Crippen MR) is 102 cm³/mol. The molecule has 0 unspecified atom stereocenters. The third-order valence-corrected chi connectivity index (χ3v) is 5.23. The third kappa shape index (κ3) is 3.13. The van der Waals surface area contributed by atoms with Gasteiger partial charge in [-0.1, -0.05) is 47.3 Å². The van der Waals surface area contributed by atoms with Crippen molar-refractivity contribution in [1.29, 1.82) is 0 Å². The van der Waals surface area contributed by atoms with Crippen molar-refractivity contribution >= 4 is 22.9 Å². The van der Waals surface area contributed by atoms with Crippen molar-refractivity contribution in [2.75, 3.05) is 7.11 Å². The van der Waals surface area contributed by atoms with Gasteiger partial charge in [-0.2, -0.15) is 4.68 Å². The molecule has 130 valence electrons. The first-order chi connectivity index (χ1) is 12.8. The highest BCUT2D eigenvalue weighted by Crippen LogP contribution is 2.36. The number of hydrogen-bond donors (Lipinski definition) is 0. The number of fused-ring (bicyclic) bond motifs is 1. The van der Waals surface area contributed by atoms with E-state index < -0.39 is 0 Å². The van der Waals surface area contributed by atoms with Gasteiger partial charge in [0.05, 0.1) is 12.8 Å². The van der Waals surface area contributed by atoms with Crippen LogP contribution in [0.25, 0.3) is 16.9 Å². The fourth-order valence-electron chi connectivity index (χ4n) is 2.67. The molecule has 0 bridgehead atoms. The Morgan fingerprint density at radius 2 is 1.77 bits per heavy atom. The highest BCUT2D eigenvalue weighted by molar-refractivity contribution is 7.99. The van der Waals surface area contributed by atoms with Crippen molar-refractivity contribution in [2.24, 2.45) is 0 Å². The largest absolute Gasteiger partial charge is 0.497 e. The van der Waals surface area contributed by atoms with Gasteiger partial charge in [0.2, 0.25) is 0 Å². The van der Waals surface area contributed by atoms with E-state index in [1.165, 1.54) is 5.56 Å². The van der Waals surface area contributed by atoms with Crippen LogP contribution in [0.5, 0.6) is 5.75 Å². The summed E-state index contributed by atoms with van der Waals surface area (Å²) in [6.45, 7) is 2.15. The van der Waals surface area contributed by atoms with Gasteiger partial charge in [0.25, 0.3) is 0 Å². The Kier molecular flexibility index (Phi) is 4.53. The van der Waals surface area contributed by atoms with Crippen molar-refractivity contribution in [1.82, 2.24) is 25.0 Å². The molecule has 0 saturated carbocycles. The number of thioether (sulfide) groups is 1. The van der Waals surface area contributed by atoms with Crippen LogP contribution in [0.1, 0.15) is 17.7 Å². The Balaban J connectivity index is 1.68. The standard InChI is InChI=1S/C19H17N5OS/c1-13(14-6-4-3-5-7-14)26-19-17-18(20-12-21-19)24(23-22-17)15-8-10-16(25-2)11-9-15/h3-13H,1-2H3/t13-/m0/s1. The Bertz CT molecular complexity index is 1020. The number of ether oxygens (including phenoxy) is 1. The van der Waals surface area contributed by atoms with Crippen molar-refractivity contribution in [3.63, 3.8) is 0 Å². The number of methoxy groups -OCH3 is 1. The average Bonchev–Trinajstić information content (AvgIpc) is 3.14. The molecule has 0 fully saturated rings. The quantitative estimate of drug-likeness (QED) is 0.393. The molecule has 0 radical (unpaired) electrons. The van der Waals surface area contributed by atoms with Gasteiger partial charge < -0.3 is 4.74 Å². The summed E-state index contributed by atoms with van der Waals surface area (Å²) in [5.74, 6) is 0.792. The second-order valence-electron chi connectivity index (χ2n) is 5.72. The smallest absolute Gasteiger partial charge is 0.187 e. The van der Waals surface area contributed by atoms with Gasteiger partial charge in [0.15, 0.2) is 11.2 Å². The second kappa shape index (κ2) is 7.13. The molecule has 26 heavy (non-hydrogen) atoms. The molecule has 0 aliphatic heterocycles. The van der Waals surface area contributed by atoms with Crippen LogP contribution < -0.4 is 4.74 Å². The first-order valence-electron chi connectivity index (χ1n) is 8.18. The number of benzene rings is 2. The van der Waals surface area contributed by atoms with Crippen LogP contribution in [0.4, 0.5) is 0 Å². The lowest BCUT2D eigenvalue weighted by Crippen LogP contribution is -1.98. The summed E-state index contributed by atoms with van der Waals surface area (Å²) in [5.41, 5.74) is 3.51. The van der Waals surface area contributed by atoms with E-state index in [-0.39, 0.29) is 5.25 Å². The number of aromatic nitrogens is 5. The molecule has 0 amide bonds. The van der Waals surface area contributed by atoms with Crippen LogP contribution in [0, 0.1) is 0 Å². The minimum absolute atomic E-state index is 0.250. The normalized spacial score (nSPS) is 12.2. The molecule has 4 aromatic rings. The van der Waals surface area contributed by atoms with E-state index in [0.29, 0.717) is 11.2 Å². The molecule has 7 heteroatoms. The maximum absolute atomic E-state index is 5.20. The summed E-state index contributed by atoms with van der Waals surface area (Å²) < 4.78 is 6.92. The molecule has 1 atom stereocenters. The van der Waals surface area contributed by atoms with Crippen molar-refractivity contribution in [3.05, 3.63) is 66.5 Å². The van der Waals surface area contributed by atoms with E-state index >= 15 is 0 Å². The molecule has 0 aliphatic carbocycles. The van der Waals surface area contributed by atoms with E-state index in [0.717, 1.165) is 16.5 Å². The van der Waals surface area contributed by atoms with Gasteiger partial charge in [0, 0.05) is 5.25 Å². The summed E-state index contributed by atoms with van der Waals surface area (Å²) in [6.07, 6.45) is 1.56. The maximum Gasteiger partial charge on any atom is 0.187 e. The van der Waals surface area contributed by atoms with E-state index in [1.54, 1.807) is 29.9 Å². The number of nitrogens with zero attached hydrogens (tertiary/aromatic N) is 5. The van der Waals surface area contributed by atoms with Crippen LogP contribution >= 0.6 is 11.8 Å². The summed E-state index contributed by atoms with van der Waals surface area (Å²) in [6, 6.07) is 18.0. The number of rotatable bonds is 5. The molecule has 2 aromatic heterocycles. The predicted octanol–water partition coefficient (Wildman–Crippen LogP) is 4.07. The van der Waals surface area contributed by atoms with Gasteiger partial charge in [-0.25, -0.2) is 9.97 Å². The molecular weight excluding hydrogens is 346 g/mol. The number of hydrogen-bond acceptors (Lipinski definition) is 6. The summed E-state index contributed by atoms with van der Waals surface area (Å²) in [5, 5.41) is 9.67. The summed E-state index contributed by atoms with van der Waals surface area (Å²) in [7, 11) is 1.64. The van der Waals surface area contributed by atoms with Crippen molar-refractivity contribution < 1.29 is 4.74 Å². The molecule has 0 aliphatic rings. The highest BCUT2D eigenvalue weighted by atomic mass is 32.2. The first-order valence-corrected chi connectivity index (χ1v) is 9.06. The fourth-order valence-corrected chi connectivity index (χ4v) is 3.65. The Morgan fingerprint density at radius 3 is 2.50 bits per heavy atom. The lowest BCUT2D eigenvalue weighted by atomic mass is 10.2. The zero-order valence-electron chi connectivity index (χ0n) is 14.4. The molecule has 6 nitrogen and oxygen atoms in total. The van der Waals surface area contributed by atoms with Crippen LogP contribution in [0.3, 0.4) is 0 Å². The van der Waals surface area contributed by atoms with Gasteiger partial charge in [-0.15, -0.1) is 5.10 Å². The molecule has 4 rings (SSSR count). The van der Waals surface area contributed by atoms with E-state index in [9.17, 15) is 0 Å². The van der Waals surface area contributed by atoms with Crippen molar-refractivity contribution in [2.45, 2.75) is 17.2 Å². The lowest BCUT2D eigenvalue weighted by Gasteiger charge is -2.10. The zero-order valence-corrected chi connectivity index (χ0v) is 15.2. The minimum atomic E-state index is 0.250. The molecule has 2 heterocycles. The molecule has 0 N–H and O–H groups in total. The third-order valence-electron chi connectivity index (χ3n) is 4.08. The van der Waals surface area contributed by atoms with Crippen LogP contribution in [-0.2, 0) is 0 Å². The van der Waals surface area contributed by atoms with Gasteiger partial charge >= 0.3 is 0 Å². The zero-order chi connectivity index (χ0) is 17.9. The van der Waals surface area contributed by atoms with Crippen LogP contribution in [0.15, 0.2) is 66.0 Å². The summed E-state index contributed by atoms with van der Waals surface area (Å²) >= 11 is 1.65. The molecule has 0 saturated heterocycles. The summed E-state index contributed by atoms with van der Waals surface area (Å²) in [4.78, 5) is 8.81. The molecule has 2 aromatic carbocycles. The average molecular weight is 363 g/mol. The van der Waals surface area contributed by atoms with Crippen LogP contribution in [-0.4, -0.2) is 32.1 Å². The molecular formula is C19H17N5OS. The Hall–Kier alpha value is -2.93. The van der Waals surface area contributed by atoms with E-state index in [4.69, 9.17) is 4.74 Å². The van der Waals surface area contributed by atoms with E-state index in [1.807, 2.05) is 42.5 Å². The molecule has 0 spiro atoms. The second-order valence-corrected chi connectivity index (χ2v) is 7.05. The SMILES string of the molecule is COc1ccc(-n2nnc3c(S[C@@H](C)c4ccccc4)ncnc32)cc1. The Labute approximate surface area is 155 Å². The van der Waals surface area contributed by atoms with Gasteiger partial charge in [0.1, 0.15) is 17.1 Å². The first kappa shape index (κ1) is 16.5. The monoisotopic (exact) mass is 363 g/mol. The highest BCUT2D eigenvalue weighted by Gasteiger charge is 2.16. The Morgan fingerprint density at radius 1 is 1.00 bits per heavy atom.